The van der Waals surface area contributed by atoms with Gasteiger partial charge in [0, 0.05) is 6.54 Å². The highest BCUT2D eigenvalue weighted by Crippen LogP contribution is 2.29. The topological polar surface area (TPSA) is 23.5 Å². The van der Waals surface area contributed by atoms with Gasteiger partial charge in [0.2, 0.25) is 0 Å². The molecule has 2 nitrogen and oxygen atoms in total. The third-order valence-corrected chi connectivity index (χ3v) is 3.40. The fourth-order valence-electron chi connectivity index (χ4n) is 2.63. The lowest BCUT2D eigenvalue weighted by molar-refractivity contribution is 0.195. The quantitative estimate of drug-likeness (QED) is 0.841. The predicted octanol–water partition coefficient (Wildman–Crippen LogP) is 2.03. The molecule has 1 heterocycles. The highest BCUT2D eigenvalue weighted by atomic mass is 16.3. The van der Waals surface area contributed by atoms with Gasteiger partial charge in [0.05, 0.1) is 6.10 Å². The van der Waals surface area contributed by atoms with Crippen molar-refractivity contribution in [3.63, 3.8) is 0 Å². The monoisotopic (exact) mass is 219 g/mol. The van der Waals surface area contributed by atoms with Crippen molar-refractivity contribution in [3.8, 4) is 0 Å². The molecule has 16 heavy (non-hydrogen) atoms. The molecule has 2 heteroatoms. The van der Waals surface area contributed by atoms with Gasteiger partial charge < -0.3 is 10.0 Å². The van der Waals surface area contributed by atoms with E-state index in [9.17, 15) is 5.11 Å². The van der Waals surface area contributed by atoms with E-state index in [2.05, 4.69) is 36.2 Å². The molecule has 1 saturated heterocycles. The minimum Gasteiger partial charge on any atom is -0.393 e. The van der Waals surface area contributed by atoms with Gasteiger partial charge in [0.25, 0.3) is 0 Å². The van der Waals surface area contributed by atoms with Crippen LogP contribution in [0.15, 0.2) is 24.3 Å². The van der Waals surface area contributed by atoms with Crippen molar-refractivity contribution in [1.29, 1.82) is 0 Å². The normalized spacial score (nSPS) is 23.6. The fraction of sp³-hybridized carbons (Fsp3) is 0.571. The third-order valence-electron chi connectivity index (χ3n) is 3.40. The van der Waals surface area contributed by atoms with Crippen LogP contribution < -0.4 is 0 Å². The molecule has 0 amide bonds. The Labute approximate surface area is 97.9 Å². The van der Waals surface area contributed by atoms with Gasteiger partial charge in [0.1, 0.15) is 0 Å². The summed E-state index contributed by atoms with van der Waals surface area (Å²) in [6.45, 7) is 4.20. The number of aliphatic hydroxyl groups excluding tert-OH is 1. The summed E-state index contributed by atoms with van der Waals surface area (Å²) < 4.78 is 0. The summed E-state index contributed by atoms with van der Waals surface area (Å²) in [5.41, 5.74) is 2.76. The number of rotatable bonds is 3. The minimum atomic E-state index is -0.250. The van der Waals surface area contributed by atoms with Crippen LogP contribution in [-0.2, 0) is 6.42 Å². The first-order valence-electron chi connectivity index (χ1n) is 6.11. The molecule has 0 radical (unpaired) electrons. The van der Waals surface area contributed by atoms with E-state index in [4.69, 9.17) is 0 Å². The number of hydrogen-bond acceptors (Lipinski definition) is 2. The van der Waals surface area contributed by atoms with Gasteiger partial charge in [-0.05, 0) is 50.4 Å². The Balaban J connectivity index is 2.19. The Morgan fingerprint density at radius 2 is 2.19 bits per heavy atom. The van der Waals surface area contributed by atoms with E-state index in [0.29, 0.717) is 5.92 Å². The Bertz CT molecular complexity index is 348. The summed E-state index contributed by atoms with van der Waals surface area (Å²) in [5, 5.41) is 9.51. The molecular formula is C14H21NO. The zero-order valence-electron chi connectivity index (χ0n) is 10.2. The molecule has 0 bridgehead atoms. The molecule has 1 aliphatic rings. The van der Waals surface area contributed by atoms with Gasteiger partial charge in [-0.3, -0.25) is 0 Å². The molecule has 0 spiro atoms. The number of benzene rings is 1. The van der Waals surface area contributed by atoms with E-state index >= 15 is 0 Å². The van der Waals surface area contributed by atoms with Crippen LogP contribution >= 0.6 is 0 Å². The van der Waals surface area contributed by atoms with Crippen molar-refractivity contribution >= 4 is 0 Å². The Morgan fingerprint density at radius 1 is 1.44 bits per heavy atom. The Morgan fingerprint density at radius 3 is 2.81 bits per heavy atom. The molecule has 1 N–H and O–H groups in total. The zero-order chi connectivity index (χ0) is 11.5. The maximum absolute atomic E-state index is 9.51. The van der Waals surface area contributed by atoms with Crippen molar-refractivity contribution in [1.82, 2.24) is 4.90 Å². The van der Waals surface area contributed by atoms with E-state index in [-0.39, 0.29) is 6.10 Å². The first-order valence-corrected chi connectivity index (χ1v) is 6.11. The second-order valence-electron chi connectivity index (χ2n) is 5.00. The standard InChI is InChI=1S/C14H21NO/c1-11(16)9-12-5-3-4-6-14(12)13-7-8-15(2)10-13/h3-6,11,13,16H,7-10H2,1-2H3. The predicted molar refractivity (Wildman–Crippen MR) is 66.7 cm³/mol. The number of aliphatic hydroxyl groups is 1. The van der Waals surface area contributed by atoms with Crippen molar-refractivity contribution < 1.29 is 5.11 Å². The minimum absolute atomic E-state index is 0.250. The highest BCUT2D eigenvalue weighted by molar-refractivity contribution is 5.32. The third kappa shape index (κ3) is 2.63. The highest BCUT2D eigenvalue weighted by Gasteiger charge is 2.23. The molecule has 0 aromatic heterocycles. The second-order valence-corrected chi connectivity index (χ2v) is 5.00. The summed E-state index contributed by atoms with van der Waals surface area (Å²) in [4.78, 5) is 2.38. The molecule has 1 aliphatic heterocycles. The van der Waals surface area contributed by atoms with E-state index in [0.717, 1.165) is 13.0 Å². The molecule has 88 valence electrons. The van der Waals surface area contributed by atoms with Crippen LogP contribution in [0.3, 0.4) is 0 Å². The number of hydrogen-bond donors (Lipinski definition) is 1. The van der Waals surface area contributed by atoms with E-state index in [1.54, 1.807) is 0 Å². The molecule has 0 saturated carbocycles. The van der Waals surface area contributed by atoms with E-state index < -0.39 is 0 Å². The number of nitrogens with zero attached hydrogens (tertiary/aromatic N) is 1. The molecule has 2 atom stereocenters. The van der Waals surface area contributed by atoms with Crippen LogP contribution in [0.2, 0.25) is 0 Å². The average Bonchev–Trinajstić information content (AvgIpc) is 2.65. The van der Waals surface area contributed by atoms with Crippen molar-refractivity contribution in [3.05, 3.63) is 35.4 Å². The summed E-state index contributed by atoms with van der Waals surface area (Å²) in [7, 11) is 2.18. The first kappa shape index (κ1) is 11.6. The van der Waals surface area contributed by atoms with Crippen LogP contribution in [0, 0.1) is 0 Å². The van der Waals surface area contributed by atoms with Gasteiger partial charge in [0.15, 0.2) is 0 Å². The molecule has 1 fully saturated rings. The molecule has 0 aliphatic carbocycles. The van der Waals surface area contributed by atoms with Crippen molar-refractivity contribution in [2.75, 3.05) is 20.1 Å². The summed E-state index contributed by atoms with van der Waals surface area (Å²) in [6, 6.07) is 8.56. The van der Waals surface area contributed by atoms with Gasteiger partial charge in [-0.25, -0.2) is 0 Å². The SMILES string of the molecule is CC(O)Cc1ccccc1C1CCN(C)C1. The van der Waals surface area contributed by atoms with Gasteiger partial charge in [-0.1, -0.05) is 24.3 Å². The average molecular weight is 219 g/mol. The van der Waals surface area contributed by atoms with E-state index in [1.807, 2.05) is 6.92 Å². The molecule has 2 unspecified atom stereocenters. The summed E-state index contributed by atoms with van der Waals surface area (Å²) in [5.74, 6) is 0.653. The fourth-order valence-corrected chi connectivity index (χ4v) is 2.63. The molecule has 2 rings (SSSR count). The Kier molecular flexibility index (Phi) is 3.62. The second kappa shape index (κ2) is 4.98. The first-order chi connectivity index (χ1) is 7.66. The zero-order valence-corrected chi connectivity index (χ0v) is 10.2. The van der Waals surface area contributed by atoms with Gasteiger partial charge in [-0.2, -0.15) is 0 Å². The smallest absolute Gasteiger partial charge is 0.0552 e. The van der Waals surface area contributed by atoms with Crippen LogP contribution in [0.5, 0.6) is 0 Å². The van der Waals surface area contributed by atoms with Crippen LogP contribution in [0.4, 0.5) is 0 Å². The van der Waals surface area contributed by atoms with Gasteiger partial charge >= 0.3 is 0 Å². The molecular weight excluding hydrogens is 198 g/mol. The maximum Gasteiger partial charge on any atom is 0.0552 e. The van der Waals surface area contributed by atoms with Crippen molar-refractivity contribution in [2.45, 2.75) is 31.8 Å². The summed E-state index contributed by atoms with van der Waals surface area (Å²) in [6.07, 6.45) is 1.77. The molecule has 1 aromatic carbocycles. The maximum atomic E-state index is 9.51. The van der Waals surface area contributed by atoms with Crippen LogP contribution in [-0.4, -0.2) is 36.2 Å². The summed E-state index contributed by atoms with van der Waals surface area (Å²) >= 11 is 0. The van der Waals surface area contributed by atoms with E-state index in [1.165, 1.54) is 24.1 Å². The van der Waals surface area contributed by atoms with Gasteiger partial charge in [-0.15, -0.1) is 0 Å². The van der Waals surface area contributed by atoms with Crippen LogP contribution in [0.25, 0.3) is 0 Å². The lowest BCUT2D eigenvalue weighted by atomic mass is 9.91. The lowest BCUT2D eigenvalue weighted by Gasteiger charge is -2.16. The largest absolute Gasteiger partial charge is 0.393 e. The number of likely N-dealkylation sites (tertiary alicyclic amines) is 1. The Hall–Kier alpha value is -0.860. The lowest BCUT2D eigenvalue weighted by Crippen LogP contribution is -2.14. The molecule has 1 aromatic rings. The number of likely N-dealkylation sites (N-methyl/N-ethyl adjacent to an activating group) is 1. The van der Waals surface area contributed by atoms with Crippen LogP contribution in [0.1, 0.15) is 30.4 Å². The van der Waals surface area contributed by atoms with Crippen molar-refractivity contribution in [2.24, 2.45) is 0 Å².